The van der Waals surface area contributed by atoms with E-state index in [-0.39, 0.29) is 11.9 Å². The number of urea groups is 1. The monoisotopic (exact) mass is 551 g/mol. The first-order valence-corrected chi connectivity index (χ1v) is 14.5. The third-order valence-electron chi connectivity index (χ3n) is 8.85. The number of hydrogen-bond donors (Lipinski definition) is 1. The maximum absolute atomic E-state index is 13.9. The molecule has 0 radical (unpaired) electrons. The maximum Gasteiger partial charge on any atom is 0.325 e. The van der Waals surface area contributed by atoms with Crippen LogP contribution in [0.3, 0.4) is 0 Å². The number of benzene rings is 1. The average molecular weight is 552 g/mol. The second kappa shape index (κ2) is 9.53. The number of ether oxygens (including phenoxy) is 2. The Morgan fingerprint density at radius 2 is 1.95 bits per heavy atom. The molecule has 0 bridgehead atoms. The minimum Gasteiger partial charge on any atom is -0.497 e. The summed E-state index contributed by atoms with van der Waals surface area (Å²) in [5.41, 5.74) is 3.82. The van der Waals surface area contributed by atoms with Gasteiger partial charge in [0.15, 0.2) is 0 Å². The van der Waals surface area contributed by atoms with Gasteiger partial charge in [0.1, 0.15) is 22.6 Å². The number of hydrogen-bond acceptors (Lipinski definition) is 7. The molecule has 6 rings (SSSR count). The smallest absolute Gasteiger partial charge is 0.325 e. The number of methoxy groups -OCH3 is 2. The number of likely N-dealkylation sites (tertiary alicyclic amines) is 1. The van der Waals surface area contributed by atoms with Gasteiger partial charge in [-0.1, -0.05) is 13.0 Å². The number of aromatic nitrogens is 2. The number of fused-ring (bicyclic) bond motifs is 4. The summed E-state index contributed by atoms with van der Waals surface area (Å²) in [5, 5.41) is 17.0. The van der Waals surface area contributed by atoms with Crippen LogP contribution in [0.25, 0.3) is 10.2 Å². The summed E-state index contributed by atoms with van der Waals surface area (Å²) in [6, 6.07) is 6.07. The number of aryl methyl sites for hydroxylation is 2. The van der Waals surface area contributed by atoms with Crippen LogP contribution in [0.5, 0.6) is 11.5 Å². The highest BCUT2D eigenvalue weighted by Gasteiger charge is 2.55. The summed E-state index contributed by atoms with van der Waals surface area (Å²) in [6.45, 7) is 8.75. The highest BCUT2D eigenvalue weighted by molar-refractivity contribution is 7.18. The van der Waals surface area contributed by atoms with E-state index in [1.54, 1.807) is 25.6 Å². The van der Waals surface area contributed by atoms with Crippen LogP contribution in [0, 0.1) is 6.92 Å². The summed E-state index contributed by atoms with van der Waals surface area (Å²) < 4.78 is 13.2. The van der Waals surface area contributed by atoms with Crippen molar-refractivity contribution in [3.63, 3.8) is 0 Å². The van der Waals surface area contributed by atoms with Crippen molar-refractivity contribution in [3.05, 3.63) is 51.7 Å². The summed E-state index contributed by atoms with van der Waals surface area (Å²) in [6.07, 6.45) is 3.12. The van der Waals surface area contributed by atoms with E-state index in [1.165, 1.54) is 0 Å². The fraction of sp³-hybridized carbons (Fsp3) is 0.517. The van der Waals surface area contributed by atoms with E-state index >= 15 is 0 Å². The van der Waals surface area contributed by atoms with Crippen LogP contribution in [-0.4, -0.2) is 75.0 Å². The molecular weight excluding hydrogens is 514 g/mol. The third kappa shape index (κ3) is 3.87. The third-order valence-corrected chi connectivity index (χ3v) is 10.1. The molecule has 0 saturated carbocycles. The number of carbonyl (C=O) groups excluding carboxylic acids is 1. The van der Waals surface area contributed by atoms with Gasteiger partial charge < -0.3 is 19.5 Å². The van der Waals surface area contributed by atoms with Crippen molar-refractivity contribution in [2.45, 2.75) is 57.8 Å². The predicted molar refractivity (Wildman–Crippen MR) is 151 cm³/mol. The Bertz CT molecular complexity index is 1430. The van der Waals surface area contributed by atoms with Gasteiger partial charge in [-0.3, -0.25) is 14.5 Å². The van der Waals surface area contributed by atoms with Gasteiger partial charge in [0.25, 0.3) is 0 Å². The van der Waals surface area contributed by atoms with Crippen molar-refractivity contribution in [1.82, 2.24) is 24.5 Å². The number of carbonyl (C=O) groups is 1. The minimum absolute atomic E-state index is 0.0482. The lowest BCUT2D eigenvalue weighted by Gasteiger charge is -2.45. The zero-order valence-electron chi connectivity index (χ0n) is 23.5. The zero-order valence-corrected chi connectivity index (χ0v) is 24.3. The molecule has 1 spiro atoms. The Hall–Kier alpha value is -3.08. The summed E-state index contributed by atoms with van der Waals surface area (Å²) >= 11 is 1.60. The molecule has 1 aromatic carbocycles. The van der Waals surface area contributed by atoms with Gasteiger partial charge in [0.05, 0.1) is 36.9 Å². The van der Waals surface area contributed by atoms with Crippen molar-refractivity contribution in [1.29, 1.82) is 0 Å². The van der Waals surface area contributed by atoms with Crippen LogP contribution in [0.2, 0.25) is 0 Å². The van der Waals surface area contributed by atoms with Gasteiger partial charge in [-0.2, -0.15) is 5.10 Å². The van der Waals surface area contributed by atoms with Gasteiger partial charge in [0.2, 0.25) is 0 Å². The van der Waals surface area contributed by atoms with E-state index < -0.39 is 11.8 Å². The van der Waals surface area contributed by atoms with Crippen molar-refractivity contribution in [2.24, 2.45) is 7.05 Å². The molecule has 5 heterocycles. The van der Waals surface area contributed by atoms with E-state index in [9.17, 15) is 9.90 Å². The van der Waals surface area contributed by atoms with Crippen molar-refractivity contribution in [2.75, 3.05) is 33.9 Å². The number of nitrogens with zero attached hydrogens (tertiary/aromatic N) is 5. The standard InChI is InChI=1S/C29H37N5O4S/c1-7-34-28(36)33-16-19-13-20(37-5)14-22(38-6)25(19)17(2)12-24(33)29(34)8-10-32(11-9-29)26(35)23-15-21-18(3)30-31(4)27(21)39-23/h12-15,17,26,35H,7-11,16H2,1-6H3/t17-,26?/m0/s1. The molecular formula is C29H37N5O4S. The van der Waals surface area contributed by atoms with E-state index in [0.717, 1.165) is 62.0 Å². The highest BCUT2D eigenvalue weighted by atomic mass is 32.1. The maximum atomic E-state index is 13.9. The lowest BCUT2D eigenvalue weighted by Crippen LogP contribution is -2.54. The largest absolute Gasteiger partial charge is 0.497 e. The van der Waals surface area contributed by atoms with Crippen molar-refractivity contribution >= 4 is 27.6 Å². The molecule has 10 heteroatoms. The van der Waals surface area contributed by atoms with Gasteiger partial charge in [0, 0.05) is 55.3 Å². The van der Waals surface area contributed by atoms with Crippen molar-refractivity contribution < 1.29 is 19.4 Å². The number of aliphatic hydroxyl groups is 1. The van der Waals surface area contributed by atoms with E-state index in [4.69, 9.17) is 9.47 Å². The summed E-state index contributed by atoms with van der Waals surface area (Å²) in [5.74, 6) is 1.58. The quantitative estimate of drug-likeness (QED) is 0.493. The lowest BCUT2D eigenvalue weighted by atomic mass is 9.82. The van der Waals surface area contributed by atoms with Gasteiger partial charge in [-0.05, 0) is 44.4 Å². The Morgan fingerprint density at radius 1 is 1.21 bits per heavy atom. The predicted octanol–water partition coefficient (Wildman–Crippen LogP) is 4.74. The first kappa shape index (κ1) is 26.2. The highest BCUT2D eigenvalue weighted by Crippen LogP contribution is 2.49. The molecule has 3 aromatic rings. The Kier molecular flexibility index (Phi) is 6.39. The Labute approximate surface area is 233 Å². The number of allylic oxidation sites excluding steroid dienone is 1. The number of aliphatic hydroxyl groups excluding tert-OH is 1. The molecule has 3 aliphatic rings. The first-order valence-electron chi connectivity index (χ1n) is 13.6. The second-order valence-electron chi connectivity index (χ2n) is 10.9. The molecule has 1 unspecified atom stereocenters. The number of amides is 2. The number of rotatable bonds is 5. The minimum atomic E-state index is -0.676. The zero-order chi connectivity index (χ0) is 27.6. The Morgan fingerprint density at radius 3 is 2.59 bits per heavy atom. The number of likely N-dealkylation sites (N-methyl/N-ethyl adjacent to an activating group) is 1. The van der Waals surface area contributed by atoms with Crippen LogP contribution < -0.4 is 9.47 Å². The molecule has 2 atom stereocenters. The van der Waals surface area contributed by atoms with Crippen LogP contribution in [0.15, 0.2) is 30.0 Å². The Balaban J connectivity index is 1.31. The summed E-state index contributed by atoms with van der Waals surface area (Å²) in [4.78, 5) is 22.0. The van der Waals surface area contributed by atoms with E-state index in [0.29, 0.717) is 26.2 Å². The van der Waals surface area contributed by atoms with Gasteiger partial charge >= 0.3 is 6.03 Å². The topological polar surface area (TPSA) is 83.3 Å². The van der Waals surface area contributed by atoms with E-state index in [1.807, 2.05) is 40.6 Å². The number of piperidine rings is 1. The molecule has 2 saturated heterocycles. The van der Waals surface area contributed by atoms with Gasteiger partial charge in [-0.15, -0.1) is 11.3 Å². The second-order valence-corrected chi connectivity index (χ2v) is 11.9. The van der Waals surface area contributed by atoms with E-state index in [2.05, 4.69) is 36.0 Å². The molecule has 2 fully saturated rings. The van der Waals surface area contributed by atoms with Crippen molar-refractivity contribution in [3.8, 4) is 11.5 Å². The molecule has 1 N–H and O–H groups in total. The van der Waals surface area contributed by atoms with Crippen LogP contribution >= 0.6 is 11.3 Å². The lowest BCUT2D eigenvalue weighted by molar-refractivity contribution is -0.0309. The normalized spacial score (nSPS) is 21.7. The molecule has 3 aliphatic heterocycles. The fourth-order valence-corrected chi connectivity index (χ4v) is 8.08. The first-order chi connectivity index (χ1) is 18.7. The van der Waals surface area contributed by atoms with Gasteiger partial charge in [-0.25, -0.2) is 4.79 Å². The van der Waals surface area contributed by atoms with Crippen LogP contribution in [0.1, 0.15) is 60.5 Å². The molecule has 2 aromatic heterocycles. The SMILES string of the molecule is CCN1C(=O)N2Cc3cc(OC)cc(OC)c3[C@@H](C)C=C2C12CCN(C(O)c1cc3c(C)nn(C)c3s1)CC2. The molecule has 208 valence electrons. The molecule has 0 aliphatic carbocycles. The number of thiophene rings is 1. The van der Waals surface area contributed by atoms with Crippen LogP contribution in [0.4, 0.5) is 4.79 Å². The molecule has 9 nitrogen and oxygen atoms in total. The fourth-order valence-electron chi connectivity index (χ4n) is 6.93. The van der Waals surface area contributed by atoms with Crippen LogP contribution in [-0.2, 0) is 13.6 Å². The molecule has 39 heavy (non-hydrogen) atoms. The average Bonchev–Trinajstić information content (AvgIpc) is 3.51. The molecule has 2 amide bonds. The summed E-state index contributed by atoms with van der Waals surface area (Å²) in [7, 11) is 5.28.